The van der Waals surface area contributed by atoms with Crippen molar-refractivity contribution in [2.45, 2.75) is 0 Å². The first kappa shape index (κ1) is 9.46. The summed E-state index contributed by atoms with van der Waals surface area (Å²) in [6.07, 6.45) is 0. The second-order valence-electron chi connectivity index (χ2n) is 1.50. The highest BCUT2D eigenvalue weighted by molar-refractivity contribution is 7.08. The molecule has 0 N–H and O–H groups in total. The number of esters is 1. The normalized spacial score (nSPS) is 8.10. The first-order valence-electron chi connectivity index (χ1n) is 2.45. The minimum absolute atomic E-state index is 0. The standard InChI is InChI=1S/C6H6O2S.ClH/c1-8-6(7)5-2-3-9-4-5;/h2-4H,1H3;1H. The number of halogens is 1. The van der Waals surface area contributed by atoms with Crippen LogP contribution in [0.4, 0.5) is 0 Å². The fourth-order valence-electron chi connectivity index (χ4n) is 0.498. The van der Waals surface area contributed by atoms with Gasteiger partial charge in [0.15, 0.2) is 0 Å². The van der Waals surface area contributed by atoms with Gasteiger partial charge in [0.2, 0.25) is 0 Å². The summed E-state index contributed by atoms with van der Waals surface area (Å²) in [6, 6.07) is 1.73. The second kappa shape index (κ2) is 4.30. The van der Waals surface area contributed by atoms with Crippen molar-refractivity contribution < 1.29 is 9.53 Å². The molecule has 0 aliphatic heterocycles. The van der Waals surface area contributed by atoms with Crippen molar-refractivity contribution in [3.05, 3.63) is 22.4 Å². The Morgan fingerprint density at radius 1 is 1.70 bits per heavy atom. The summed E-state index contributed by atoms with van der Waals surface area (Å²) >= 11 is 1.48. The van der Waals surface area contributed by atoms with E-state index in [1.54, 1.807) is 11.4 Å². The molecule has 1 aromatic rings. The molecule has 0 amide bonds. The minimum Gasteiger partial charge on any atom is -0.465 e. The van der Waals surface area contributed by atoms with Crippen LogP contribution in [0.15, 0.2) is 16.8 Å². The van der Waals surface area contributed by atoms with Gasteiger partial charge in [0.1, 0.15) is 0 Å². The third kappa shape index (κ3) is 2.01. The lowest BCUT2D eigenvalue weighted by Gasteiger charge is -1.90. The number of rotatable bonds is 1. The molecular weight excluding hydrogens is 172 g/mol. The van der Waals surface area contributed by atoms with Crippen LogP contribution in [0.1, 0.15) is 10.4 Å². The van der Waals surface area contributed by atoms with Gasteiger partial charge in [-0.25, -0.2) is 4.79 Å². The van der Waals surface area contributed by atoms with Crippen molar-refractivity contribution in [3.63, 3.8) is 0 Å². The molecule has 4 heteroatoms. The molecule has 2 nitrogen and oxygen atoms in total. The molecule has 0 aliphatic carbocycles. The first-order chi connectivity index (χ1) is 4.34. The second-order valence-corrected chi connectivity index (χ2v) is 2.28. The van der Waals surface area contributed by atoms with Gasteiger partial charge in [0.05, 0.1) is 12.7 Å². The third-order valence-electron chi connectivity index (χ3n) is 0.942. The Bertz CT molecular complexity index is 196. The van der Waals surface area contributed by atoms with Crippen LogP contribution in [-0.2, 0) is 4.74 Å². The van der Waals surface area contributed by atoms with E-state index in [4.69, 9.17) is 0 Å². The Balaban J connectivity index is 0.000000810. The molecule has 56 valence electrons. The molecule has 0 saturated heterocycles. The predicted molar refractivity (Wildman–Crippen MR) is 42.9 cm³/mol. The zero-order valence-corrected chi connectivity index (χ0v) is 7.00. The Hall–Kier alpha value is -0.540. The number of carbonyl (C=O) groups excluding carboxylic acids is 1. The molecule has 1 heterocycles. The van der Waals surface area contributed by atoms with Gasteiger partial charge < -0.3 is 4.74 Å². The molecule has 0 unspecified atom stereocenters. The number of hydrogen-bond donors (Lipinski definition) is 0. The maximum absolute atomic E-state index is 10.7. The van der Waals surface area contributed by atoms with Crippen LogP contribution >= 0.6 is 23.7 Å². The maximum atomic E-state index is 10.7. The number of hydrogen-bond acceptors (Lipinski definition) is 3. The summed E-state index contributed by atoms with van der Waals surface area (Å²) in [6.45, 7) is 0. The molecule has 0 aromatic carbocycles. The largest absolute Gasteiger partial charge is 0.465 e. The van der Waals surface area contributed by atoms with Crippen molar-refractivity contribution in [2.75, 3.05) is 7.11 Å². The highest BCUT2D eigenvalue weighted by atomic mass is 35.5. The Morgan fingerprint density at radius 2 is 2.40 bits per heavy atom. The molecule has 1 rings (SSSR count). The summed E-state index contributed by atoms with van der Waals surface area (Å²) in [5.74, 6) is -0.267. The Kier molecular flexibility index (Phi) is 4.07. The van der Waals surface area contributed by atoms with E-state index in [0.29, 0.717) is 5.56 Å². The van der Waals surface area contributed by atoms with Crippen LogP contribution in [0.5, 0.6) is 0 Å². The minimum atomic E-state index is -0.267. The quantitative estimate of drug-likeness (QED) is 0.615. The van der Waals surface area contributed by atoms with E-state index in [0.717, 1.165) is 0 Å². The molecule has 0 atom stereocenters. The van der Waals surface area contributed by atoms with E-state index in [2.05, 4.69) is 4.74 Å². The number of methoxy groups -OCH3 is 1. The van der Waals surface area contributed by atoms with Gasteiger partial charge in [-0.3, -0.25) is 0 Å². The van der Waals surface area contributed by atoms with Crippen LogP contribution in [0.3, 0.4) is 0 Å². The van der Waals surface area contributed by atoms with Crippen LogP contribution in [0.2, 0.25) is 0 Å². The van der Waals surface area contributed by atoms with Crippen molar-refractivity contribution in [1.82, 2.24) is 0 Å². The molecule has 0 radical (unpaired) electrons. The first-order valence-corrected chi connectivity index (χ1v) is 3.39. The van der Waals surface area contributed by atoms with Gasteiger partial charge >= 0.3 is 5.97 Å². The summed E-state index contributed by atoms with van der Waals surface area (Å²) in [5, 5.41) is 3.60. The Labute approximate surface area is 69.2 Å². The van der Waals surface area contributed by atoms with E-state index in [1.807, 2.05) is 5.38 Å². The van der Waals surface area contributed by atoms with Crippen LogP contribution in [0.25, 0.3) is 0 Å². The molecule has 0 aliphatic rings. The van der Waals surface area contributed by atoms with Crippen molar-refractivity contribution >= 4 is 29.7 Å². The van der Waals surface area contributed by atoms with Gasteiger partial charge in [-0.2, -0.15) is 11.3 Å². The fraction of sp³-hybridized carbons (Fsp3) is 0.167. The zero-order valence-electron chi connectivity index (χ0n) is 5.37. The van der Waals surface area contributed by atoms with Crippen molar-refractivity contribution in [3.8, 4) is 0 Å². The topological polar surface area (TPSA) is 26.3 Å². The van der Waals surface area contributed by atoms with E-state index in [9.17, 15) is 4.79 Å². The molecule has 0 bridgehead atoms. The molecule has 1 aromatic heterocycles. The smallest absolute Gasteiger partial charge is 0.338 e. The lowest BCUT2D eigenvalue weighted by Crippen LogP contribution is -1.97. The highest BCUT2D eigenvalue weighted by Gasteiger charge is 2.02. The van der Waals surface area contributed by atoms with E-state index < -0.39 is 0 Å². The SMILES string of the molecule is COC(=O)c1ccsc1.Cl. The van der Waals surface area contributed by atoms with Gasteiger partial charge in [-0.05, 0) is 11.4 Å². The van der Waals surface area contributed by atoms with E-state index in [-0.39, 0.29) is 18.4 Å². The van der Waals surface area contributed by atoms with Gasteiger partial charge in [-0.15, -0.1) is 12.4 Å². The molecule has 0 saturated carbocycles. The summed E-state index contributed by atoms with van der Waals surface area (Å²) in [7, 11) is 1.38. The molecular formula is C6H7ClO2S. The average Bonchev–Trinajstić information content (AvgIpc) is 2.37. The summed E-state index contributed by atoms with van der Waals surface area (Å²) in [5.41, 5.74) is 0.627. The summed E-state index contributed by atoms with van der Waals surface area (Å²) in [4.78, 5) is 10.7. The van der Waals surface area contributed by atoms with Crippen LogP contribution in [0, 0.1) is 0 Å². The number of ether oxygens (including phenoxy) is 1. The lowest BCUT2D eigenvalue weighted by molar-refractivity contribution is 0.0601. The maximum Gasteiger partial charge on any atom is 0.338 e. The number of carbonyl (C=O) groups is 1. The van der Waals surface area contributed by atoms with E-state index in [1.165, 1.54) is 18.4 Å². The fourth-order valence-corrected chi connectivity index (χ4v) is 1.12. The molecule has 0 spiro atoms. The molecule has 0 fully saturated rings. The Morgan fingerprint density at radius 3 is 2.80 bits per heavy atom. The van der Waals surface area contributed by atoms with Gasteiger partial charge in [0.25, 0.3) is 0 Å². The van der Waals surface area contributed by atoms with Crippen LogP contribution in [-0.4, -0.2) is 13.1 Å². The highest BCUT2D eigenvalue weighted by Crippen LogP contribution is 2.06. The molecule has 10 heavy (non-hydrogen) atoms. The van der Waals surface area contributed by atoms with Crippen molar-refractivity contribution in [1.29, 1.82) is 0 Å². The van der Waals surface area contributed by atoms with E-state index >= 15 is 0 Å². The monoisotopic (exact) mass is 178 g/mol. The van der Waals surface area contributed by atoms with Gasteiger partial charge in [-0.1, -0.05) is 0 Å². The number of thiophene rings is 1. The van der Waals surface area contributed by atoms with Gasteiger partial charge in [0, 0.05) is 5.38 Å². The van der Waals surface area contributed by atoms with Crippen LogP contribution < -0.4 is 0 Å². The average molecular weight is 179 g/mol. The summed E-state index contributed by atoms with van der Waals surface area (Å²) < 4.78 is 4.46. The third-order valence-corrected chi connectivity index (χ3v) is 1.63. The lowest BCUT2D eigenvalue weighted by atomic mass is 10.4. The predicted octanol–water partition coefficient (Wildman–Crippen LogP) is 1.96. The zero-order chi connectivity index (χ0) is 6.69. The van der Waals surface area contributed by atoms with Crippen molar-refractivity contribution in [2.24, 2.45) is 0 Å².